The largest absolute Gasteiger partial charge is 0.573 e. The van der Waals surface area contributed by atoms with Crippen molar-refractivity contribution in [2.45, 2.75) is 25.3 Å². The molecule has 148 valence electrons. The van der Waals surface area contributed by atoms with Gasteiger partial charge in [0.25, 0.3) is 0 Å². The lowest BCUT2D eigenvalue weighted by Gasteiger charge is -2.33. The molecule has 0 spiro atoms. The molecule has 0 fully saturated rings. The second-order valence-electron chi connectivity index (χ2n) is 6.49. The van der Waals surface area contributed by atoms with Gasteiger partial charge < -0.3 is 19.5 Å². The lowest BCUT2D eigenvalue weighted by molar-refractivity contribution is -0.274. The maximum Gasteiger partial charge on any atom is 0.573 e. The minimum absolute atomic E-state index is 0.0625. The Labute approximate surface area is 160 Å². The quantitative estimate of drug-likeness (QED) is 0.813. The predicted molar refractivity (Wildman–Crippen MR) is 96.3 cm³/mol. The normalized spacial score (nSPS) is 14.8. The van der Waals surface area contributed by atoms with Gasteiger partial charge in [-0.15, -0.1) is 13.2 Å². The molecule has 0 bridgehead atoms. The van der Waals surface area contributed by atoms with E-state index >= 15 is 0 Å². The highest BCUT2D eigenvalue weighted by atomic mass is 19.4. The fraction of sp³-hybridized carbons (Fsp3) is 0.350. The molecule has 1 N–H and O–H groups in total. The number of anilines is 1. The number of hydrogen-bond donors (Lipinski definition) is 1. The highest BCUT2D eigenvalue weighted by Crippen LogP contribution is 2.32. The SMILES string of the molecule is N#Cc1ccc(OCC(O)CN2CCCc3cc(OC(F)(F)F)ccc32)cc1. The van der Waals surface area contributed by atoms with Crippen molar-refractivity contribution < 1.29 is 27.8 Å². The van der Waals surface area contributed by atoms with E-state index in [0.717, 1.165) is 17.7 Å². The third-order valence-electron chi connectivity index (χ3n) is 4.36. The topological polar surface area (TPSA) is 65.7 Å². The summed E-state index contributed by atoms with van der Waals surface area (Å²) in [5, 5.41) is 19.1. The number of rotatable bonds is 6. The van der Waals surface area contributed by atoms with Gasteiger partial charge in [-0.05, 0) is 60.9 Å². The van der Waals surface area contributed by atoms with Gasteiger partial charge in [0.1, 0.15) is 24.2 Å². The second kappa shape index (κ2) is 8.40. The maximum atomic E-state index is 12.4. The van der Waals surface area contributed by atoms with Crippen molar-refractivity contribution in [1.82, 2.24) is 0 Å². The molecule has 3 rings (SSSR count). The van der Waals surface area contributed by atoms with Crippen molar-refractivity contribution in [3.63, 3.8) is 0 Å². The van der Waals surface area contributed by atoms with Crippen molar-refractivity contribution in [3.8, 4) is 17.6 Å². The van der Waals surface area contributed by atoms with Gasteiger partial charge in [-0.3, -0.25) is 0 Å². The number of aliphatic hydroxyl groups is 1. The number of ether oxygens (including phenoxy) is 2. The van der Waals surface area contributed by atoms with Crippen molar-refractivity contribution in [2.75, 3.05) is 24.6 Å². The van der Waals surface area contributed by atoms with Gasteiger partial charge in [-0.2, -0.15) is 5.26 Å². The molecule has 0 aromatic heterocycles. The highest BCUT2D eigenvalue weighted by molar-refractivity contribution is 5.58. The summed E-state index contributed by atoms with van der Waals surface area (Å²) in [6.45, 7) is 1.05. The third-order valence-corrected chi connectivity index (χ3v) is 4.36. The summed E-state index contributed by atoms with van der Waals surface area (Å²) in [7, 11) is 0. The molecule has 2 aromatic carbocycles. The Morgan fingerprint density at radius 2 is 1.86 bits per heavy atom. The number of β-amino-alcohol motifs (C(OH)–C–C–N with tert-alkyl or cyclic N) is 1. The molecule has 28 heavy (non-hydrogen) atoms. The van der Waals surface area contributed by atoms with Crippen LogP contribution in [-0.2, 0) is 6.42 Å². The monoisotopic (exact) mass is 392 g/mol. The summed E-state index contributed by atoms with van der Waals surface area (Å²) >= 11 is 0. The minimum Gasteiger partial charge on any atom is -0.491 e. The number of halogens is 3. The fourth-order valence-corrected chi connectivity index (χ4v) is 3.16. The Morgan fingerprint density at radius 1 is 1.14 bits per heavy atom. The first kappa shape index (κ1) is 19.8. The molecule has 5 nitrogen and oxygen atoms in total. The molecule has 1 atom stereocenters. The van der Waals surface area contributed by atoms with E-state index in [-0.39, 0.29) is 12.4 Å². The molecular formula is C20H19F3N2O3. The zero-order valence-electron chi connectivity index (χ0n) is 14.9. The molecule has 0 amide bonds. The van der Waals surface area contributed by atoms with Crippen LogP contribution in [0.4, 0.5) is 18.9 Å². The number of alkyl halides is 3. The van der Waals surface area contributed by atoms with Crippen LogP contribution in [0, 0.1) is 11.3 Å². The number of aryl methyl sites for hydroxylation is 1. The number of aliphatic hydroxyl groups excluding tert-OH is 1. The van der Waals surface area contributed by atoms with Gasteiger partial charge in [0.05, 0.1) is 11.6 Å². The van der Waals surface area contributed by atoms with Gasteiger partial charge in [-0.1, -0.05) is 0 Å². The predicted octanol–water partition coefficient (Wildman–Crippen LogP) is 3.65. The molecule has 0 radical (unpaired) electrons. The van der Waals surface area contributed by atoms with Crippen LogP contribution < -0.4 is 14.4 Å². The second-order valence-corrected chi connectivity index (χ2v) is 6.49. The molecule has 0 saturated heterocycles. The van der Waals surface area contributed by atoms with Crippen LogP contribution in [0.25, 0.3) is 0 Å². The van der Waals surface area contributed by atoms with Gasteiger partial charge in [0.15, 0.2) is 0 Å². The van der Waals surface area contributed by atoms with Gasteiger partial charge in [0, 0.05) is 18.8 Å². The standard InChI is InChI=1S/C20H19F3N2O3/c21-20(22,23)28-18-7-8-19-15(10-18)2-1-9-25(19)12-16(26)13-27-17-5-3-14(11-24)4-6-17/h3-8,10,16,26H,1-2,9,12-13H2. The van der Waals surface area contributed by atoms with Crippen LogP contribution in [0.2, 0.25) is 0 Å². The Hall–Kier alpha value is -2.92. The third kappa shape index (κ3) is 5.30. The van der Waals surface area contributed by atoms with E-state index in [1.807, 2.05) is 11.0 Å². The van der Waals surface area contributed by atoms with Crippen molar-refractivity contribution >= 4 is 5.69 Å². The highest BCUT2D eigenvalue weighted by Gasteiger charge is 2.31. The number of nitriles is 1. The van der Waals surface area contributed by atoms with E-state index in [9.17, 15) is 18.3 Å². The van der Waals surface area contributed by atoms with Crippen molar-refractivity contribution in [3.05, 3.63) is 53.6 Å². The number of hydrogen-bond acceptors (Lipinski definition) is 5. The number of nitrogens with zero attached hydrogens (tertiary/aromatic N) is 2. The summed E-state index contributed by atoms with van der Waals surface area (Å²) in [4.78, 5) is 1.93. The van der Waals surface area contributed by atoms with E-state index in [1.54, 1.807) is 30.3 Å². The minimum atomic E-state index is -4.72. The molecule has 8 heteroatoms. The van der Waals surface area contributed by atoms with E-state index in [1.165, 1.54) is 12.1 Å². The van der Waals surface area contributed by atoms with Crippen LogP contribution in [0.3, 0.4) is 0 Å². The first-order valence-electron chi connectivity index (χ1n) is 8.79. The van der Waals surface area contributed by atoms with Gasteiger partial charge >= 0.3 is 6.36 Å². The fourth-order valence-electron chi connectivity index (χ4n) is 3.16. The van der Waals surface area contributed by atoms with Crippen molar-refractivity contribution in [1.29, 1.82) is 5.26 Å². The summed E-state index contributed by atoms with van der Waals surface area (Å²) < 4.78 is 46.7. The molecule has 1 unspecified atom stereocenters. The maximum absolute atomic E-state index is 12.4. The van der Waals surface area contributed by atoms with Gasteiger partial charge in [0.2, 0.25) is 0 Å². The Kier molecular flexibility index (Phi) is 5.95. The molecule has 1 aliphatic heterocycles. The zero-order valence-corrected chi connectivity index (χ0v) is 14.9. The summed E-state index contributed by atoms with van der Waals surface area (Å²) in [6.07, 6.45) is -4.08. The lowest BCUT2D eigenvalue weighted by Crippen LogP contribution is -2.38. The van der Waals surface area contributed by atoms with Crippen LogP contribution >= 0.6 is 0 Å². The van der Waals surface area contributed by atoms with Crippen molar-refractivity contribution in [2.24, 2.45) is 0 Å². The molecule has 1 aliphatic rings. The van der Waals surface area contributed by atoms with Crippen LogP contribution in [0.5, 0.6) is 11.5 Å². The zero-order chi connectivity index (χ0) is 20.1. The number of benzene rings is 2. The molecule has 0 aliphatic carbocycles. The molecule has 2 aromatic rings. The molecule has 0 saturated carbocycles. The Bertz CT molecular complexity index is 847. The summed E-state index contributed by atoms with van der Waals surface area (Å²) in [5.74, 6) is 0.309. The van der Waals surface area contributed by atoms with Gasteiger partial charge in [-0.25, -0.2) is 0 Å². The van der Waals surface area contributed by atoms with Crippen LogP contribution in [0.15, 0.2) is 42.5 Å². The summed E-state index contributed by atoms with van der Waals surface area (Å²) in [6, 6.07) is 12.9. The lowest BCUT2D eigenvalue weighted by atomic mass is 10.0. The summed E-state index contributed by atoms with van der Waals surface area (Å²) in [5.41, 5.74) is 2.07. The van der Waals surface area contributed by atoms with Crippen LogP contribution in [-0.4, -0.2) is 37.3 Å². The first-order valence-corrected chi connectivity index (χ1v) is 8.79. The Morgan fingerprint density at radius 3 is 2.54 bits per heavy atom. The Balaban J connectivity index is 1.59. The molecular weight excluding hydrogens is 373 g/mol. The molecule has 1 heterocycles. The van der Waals surface area contributed by atoms with E-state index in [0.29, 0.717) is 30.8 Å². The average molecular weight is 392 g/mol. The average Bonchev–Trinajstić information content (AvgIpc) is 2.65. The number of fused-ring (bicyclic) bond motifs is 1. The smallest absolute Gasteiger partial charge is 0.491 e. The van der Waals surface area contributed by atoms with Crippen LogP contribution in [0.1, 0.15) is 17.5 Å². The first-order chi connectivity index (χ1) is 13.3. The van der Waals surface area contributed by atoms with E-state index < -0.39 is 12.5 Å². The van der Waals surface area contributed by atoms with E-state index in [4.69, 9.17) is 10.00 Å². The van der Waals surface area contributed by atoms with E-state index in [2.05, 4.69) is 4.74 Å².